The van der Waals surface area contributed by atoms with Crippen LogP contribution in [0.15, 0.2) is 71.6 Å². The van der Waals surface area contributed by atoms with Gasteiger partial charge in [0.05, 0.1) is 17.9 Å². The Bertz CT molecular complexity index is 1790. The normalized spacial score (nSPS) is 11.8. The van der Waals surface area contributed by atoms with Crippen LogP contribution in [-0.4, -0.2) is 55.4 Å². The third kappa shape index (κ3) is 7.24. The van der Waals surface area contributed by atoms with E-state index in [4.69, 9.17) is 9.47 Å². The lowest BCUT2D eigenvalue weighted by Gasteiger charge is -2.16. The fourth-order valence-electron chi connectivity index (χ4n) is 4.02. The summed E-state index contributed by atoms with van der Waals surface area (Å²) >= 11 is 0. The molecule has 4 rings (SSSR count). The summed E-state index contributed by atoms with van der Waals surface area (Å²) in [5.41, 5.74) is 0.144. The number of alkyl halides is 3. The Morgan fingerprint density at radius 1 is 1.00 bits per heavy atom. The number of sulfonamides is 1. The second-order valence-corrected chi connectivity index (χ2v) is 11.3. The van der Waals surface area contributed by atoms with Gasteiger partial charge in [0.2, 0.25) is 15.9 Å². The standard InChI is InChI=1S/C29H27F3N4O7S/c1-17-4-11-22(12-5-17)36-27(18(2)25(35-36)28(38)39)43-23-13-10-21(16-24(23)44(40,41)33-14-15-42-3)34-26(37)19-6-8-20(9-7-19)29(30,31)32/h4-13,16,33H,14-15H2,1-3H3,(H,34,37)(H,38,39). The Kier molecular flexibility index (Phi) is 9.42. The molecule has 1 aromatic heterocycles. The van der Waals surface area contributed by atoms with Gasteiger partial charge in [0.15, 0.2) is 5.69 Å². The van der Waals surface area contributed by atoms with Crippen LogP contribution in [0, 0.1) is 13.8 Å². The van der Waals surface area contributed by atoms with Crippen molar-refractivity contribution >= 4 is 27.6 Å². The van der Waals surface area contributed by atoms with E-state index in [1.54, 1.807) is 24.3 Å². The molecule has 0 bridgehead atoms. The van der Waals surface area contributed by atoms with Crippen molar-refractivity contribution in [2.75, 3.05) is 25.6 Å². The van der Waals surface area contributed by atoms with Gasteiger partial charge in [-0.1, -0.05) is 17.7 Å². The molecule has 0 saturated carbocycles. The van der Waals surface area contributed by atoms with E-state index < -0.39 is 38.5 Å². The molecule has 1 amide bonds. The van der Waals surface area contributed by atoms with Crippen LogP contribution in [0.25, 0.3) is 5.69 Å². The summed E-state index contributed by atoms with van der Waals surface area (Å²) in [5, 5.41) is 16.3. The number of carboxylic acid groups (broad SMARTS) is 1. The van der Waals surface area contributed by atoms with Crippen molar-refractivity contribution < 1.29 is 45.8 Å². The molecule has 0 aliphatic heterocycles. The third-order valence-electron chi connectivity index (χ3n) is 6.32. The van der Waals surface area contributed by atoms with Crippen molar-refractivity contribution in [3.05, 3.63) is 94.7 Å². The van der Waals surface area contributed by atoms with E-state index in [0.717, 1.165) is 35.9 Å². The highest BCUT2D eigenvalue weighted by atomic mass is 32.2. The van der Waals surface area contributed by atoms with Gasteiger partial charge in [-0.3, -0.25) is 4.79 Å². The maximum atomic E-state index is 13.4. The minimum Gasteiger partial charge on any atom is -0.476 e. The number of amides is 1. The number of hydrogen-bond donors (Lipinski definition) is 3. The molecule has 0 aliphatic rings. The second kappa shape index (κ2) is 12.9. The average Bonchev–Trinajstić information content (AvgIpc) is 3.29. The molecule has 0 saturated heterocycles. The highest BCUT2D eigenvalue weighted by Gasteiger charge is 2.30. The highest BCUT2D eigenvalue weighted by Crippen LogP contribution is 2.35. The molecule has 0 radical (unpaired) electrons. The van der Waals surface area contributed by atoms with E-state index in [1.807, 2.05) is 6.92 Å². The molecular formula is C29H27F3N4O7S. The lowest BCUT2D eigenvalue weighted by molar-refractivity contribution is -0.137. The number of nitrogens with one attached hydrogen (secondary N) is 2. The van der Waals surface area contributed by atoms with Gasteiger partial charge in [0.25, 0.3) is 5.91 Å². The number of rotatable bonds is 11. The Balaban J connectivity index is 1.75. The number of aromatic nitrogens is 2. The van der Waals surface area contributed by atoms with Crippen molar-refractivity contribution in [1.82, 2.24) is 14.5 Å². The molecule has 0 aliphatic carbocycles. The van der Waals surface area contributed by atoms with Crippen LogP contribution in [0.3, 0.4) is 0 Å². The van der Waals surface area contributed by atoms with Gasteiger partial charge < -0.3 is 19.9 Å². The van der Waals surface area contributed by atoms with Crippen molar-refractivity contribution in [3.8, 4) is 17.3 Å². The second-order valence-electron chi connectivity index (χ2n) is 9.51. The number of carbonyl (C=O) groups is 2. The molecule has 15 heteroatoms. The molecular weight excluding hydrogens is 605 g/mol. The predicted octanol–water partition coefficient (Wildman–Crippen LogP) is 5.18. The number of aromatic carboxylic acids is 1. The van der Waals surface area contributed by atoms with E-state index in [-0.39, 0.29) is 47.3 Å². The number of benzene rings is 3. The van der Waals surface area contributed by atoms with E-state index in [9.17, 15) is 36.3 Å². The lowest BCUT2D eigenvalue weighted by atomic mass is 10.1. The summed E-state index contributed by atoms with van der Waals surface area (Å²) < 4.78 is 80.0. The number of halogens is 3. The summed E-state index contributed by atoms with van der Waals surface area (Å²) in [4.78, 5) is 24.2. The van der Waals surface area contributed by atoms with Crippen LogP contribution < -0.4 is 14.8 Å². The average molecular weight is 633 g/mol. The molecule has 11 nitrogen and oxygen atoms in total. The van der Waals surface area contributed by atoms with Crippen molar-refractivity contribution in [2.45, 2.75) is 24.9 Å². The van der Waals surface area contributed by atoms with E-state index in [1.165, 1.54) is 30.8 Å². The van der Waals surface area contributed by atoms with Crippen LogP contribution in [0.5, 0.6) is 11.6 Å². The maximum Gasteiger partial charge on any atom is 0.416 e. The van der Waals surface area contributed by atoms with Gasteiger partial charge in [-0.2, -0.15) is 23.0 Å². The fraction of sp³-hybridized carbons (Fsp3) is 0.207. The Morgan fingerprint density at radius 2 is 1.66 bits per heavy atom. The van der Waals surface area contributed by atoms with Crippen molar-refractivity contribution in [3.63, 3.8) is 0 Å². The molecule has 0 spiro atoms. The summed E-state index contributed by atoms with van der Waals surface area (Å²) in [6.07, 6.45) is -4.58. The zero-order chi connectivity index (χ0) is 32.2. The number of carbonyl (C=O) groups excluding carboxylic acids is 1. The first kappa shape index (κ1) is 32.2. The first-order valence-corrected chi connectivity index (χ1v) is 14.4. The predicted molar refractivity (Wildman–Crippen MR) is 153 cm³/mol. The van der Waals surface area contributed by atoms with Gasteiger partial charge in [-0.15, -0.1) is 0 Å². The smallest absolute Gasteiger partial charge is 0.416 e. The van der Waals surface area contributed by atoms with E-state index in [2.05, 4.69) is 15.1 Å². The van der Waals surface area contributed by atoms with Crippen LogP contribution >= 0.6 is 0 Å². The van der Waals surface area contributed by atoms with Gasteiger partial charge in [-0.25, -0.2) is 17.9 Å². The monoisotopic (exact) mass is 632 g/mol. The molecule has 3 N–H and O–H groups in total. The Morgan fingerprint density at radius 3 is 2.25 bits per heavy atom. The molecule has 232 valence electrons. The number of nitrogens with zero attached hydrogens (tertiary/aromatic N) is 2. The largest absolute Gasteiger partial charge is 0.476 e. The molecule has 44 heavy (non-hydrogen) atoms. The van der Waals surface area contributed by atoms with Gasteiger partial charge in [0.1, 0.15) is 10.6 Å². The van der Waals surface area contributed by atoms with Gasteiger partial charge >= 0.3 is 12.1 Å². The highest BCUT2D eigenvalue weighted by molar-refractivity contribution is 7.89. The van der Waals surface area contributed by atoms with Gasteiger partial charge in [0, 0.05) is 30.5 Å². The van der Waals surface area contributed by atoms with Crippen LogP contribution in [0.4, 0.5) is 18.9 Å². The number of aryl methyl sites for hydroxylation is 1. The number of ether oxygens (including phenoxy) is 2. The lowest BCUT2D eigenvalue weighted by Crippen LogP contribution is -2.27. The quantitative estimate of drug-likeness (QED) is 0.192. The number of anilines is 1. The summed E-state index contributed by atoms with van der Waals surface area (Å²) in [5.74, 6) is -2.41. The molecule has 3 aromatic carbocycles. The zero-order valence-corrected chi connectivity index (χ0v) is 24.4. The van der Waals surface area contributed by atoms with E-state index in [0.29, 0.717) is 5.69 Å². The minimum absolute atomic E-state index is 0.00986. The number of methoxy groups -OCH3 is 1. The summed E-state index contributed by atoms with van der Waals surface area (Å²) in [7, 11) is -2.93. The minimum atomic E-state index is -4.58. The molecule has 0 fully saturated rings. The maximum absolute atomic E-state index is 13.4. The van der Waals surface area contributed by atoms with Crippen molar-refractivity contribution in [1.29, 1.82) is 0 Å². The fourth-order valence-corrected chi connectivity index (χ4v) is 5.18. The first-order valence-electron chi connectivity index (χ1n) is 12.9. The van der Waals surface area contributed by atoms with Crippen LogP contribution in [0.1, 0.15) is 37.5 Å². The number of carboxylic acids is 1. The third-order valence-corrected chi connectivity index (χ3v) is 7.80. The molecule has 0 unspecified atom stereocenters. The zero-order valence-electron chi connectivity index (χ0n) is 23.6. The Hall–Kier alpha value is -4.73. The Labute approximate surface area is 250 Å². The summed E-state index contributed by atoms with van der Waals surface area (Å²) in [6, 6.07) is 14.1. The summed E-state index contributed by atoms with van der Waals surface area (Å²) in [6.45, 7) is 3.26. The van der Waals surface area contributed by atoms with Crippen LogP contribution in [0.2, 0.25) is 0 Å². The number of hydrogen-bond acceptors (Lipinski definition) is 7. The van der Waals surface area contributed by atoms with E-state index >= 15 is 0 Å². The molecule has 1 heterocycles. The van der Waals surface area contributed by atoms with Crippen molar-refractivity contribution in [2.24, 2.45) is 0 Å². The molecule has 0 atom stereocenters. The SMILES string of the molecule is COCCNS(=O)(=O)c1cc(NC(=O)c2ccc(C(F)(F)F)cc2)ccc1Oc1c(C)c(C(=O)O)nn1-c1ccc(C)cc1. The first-order chi connectivity index (χ1) is 20.7. The topological polar surface area (TPSA) is 149 Å². The molecule has 4 aromatic rings. The van der Waals surface area contributed by atoms with Crippen LogP contribution in [-0.2, 0) is 20.9 Å². The van der Waals surface area contributed by atoms with Gasteiger partial charge in [-0.05, 0) is 68.4 Å².